The molecule has 0 spiro atoms. The molecule has 0 radical (unpaired) electrons. The fourth-order valence-corrected chi connectivity index (χ4v) is 3.25. The summed E-state index contributed by atoms with van der Waals surface area (Å²) in [5.41, 5.74) is 0. The number of hydrogen-bond donors (Lipinski definition) is 4. The Morgan fingerprint density at radius 1 is 0.385 bits per heavy atom. The van der Waals surface area contributed by atoms with Gasteiger partial charge in [0.2, 0.25) is 0 Å². The molecule has 2 atom stereocenters. The van der Waals surface area contributed by atoms with Crippen LogP contribution in [-0.2, 0) is 0 Å². The second-order valence-electron chi connectivity index (χ2n) is 7.00. The van der Waals surface area contributed by atoms with Gasteiger partial charge in [0.05, 0.1) is 24.4 Å². The Morgan fingerprint density at radius 3 is 0.769 bits per heavy atom. The van der Waals surface area contributed by atoms with E-state index in [1.807, 2.05) is 27.7 Å². The number of rotatable bonds is 0. The minimum atomic E-state index is -0.441. The predicted molar refractivity (Wildman–Crippen MR) is 111 cm³/mol. The van der Waals surface area contributed by atoms with Crippen molar-refractivity contribution < 1.29 is 20.4 Å². The molecule has 3 aliphatic carbocycles. The van der Waals surface area contributed by atoms with Gasteiger partial charge in [0.1, 0.15) is 0 Å². The lowest BCUT2D eigenvalue weighted by molar-refractivity contribution is -0.00865. The zero-order chi connectivity index (χ0) is 20.2. The first-order chi connectivity index (χ1) is 12.6. The lowest BCUT2D eigenvalue weighted by atomic mass is 9.95. The number of aliphatic hydroxyl groups excluding tert-OH is 4. The van der Waals surface area contributed by atoms with Crippen molar-refractivity contribution in [3.05, 3.63) is 0 Å². The van der Waals surface area contributed by atoms with Crippen molar-refractivity contribution in [2.75, 3.05) is 0 Å². The first-order valence-corrected chi connectivity index (χ1v) is 11.3. The van der Waals surface area contributed by atoms with Crippen molar-refractivity contribution in [2.45, 2.75) is 142 Å². The molecule has 0 aromatic heterocycles. The van der Waals surface area contributed by atoms with Crippen LogP contribution in [0.25, 0.3) is 0 Å². The maximum Gasteiger partial charge on any atom is 0.0799 e. The Morgan fingerprint density at radius 2 is 0.615 bits per heavy atom. The molecule has 0 heterocycles. The fraction of sp³-hybridized carbons (Fsp3) is 1.00. The highest BCUT2D eigenvalue weighted by Gasteiger charge is 2.19. The molecule has 4 nitrogen and oxygen atoms in total. The smallest absolute Gasteiger partial charge is 0.0799 e. The molecule has 0 amide bonds. The van der Waals surface area contributed by atoms with E-state index < -0.39 is 12.2 Å². The Balaban J connectivity index is 0. The molecule has 2 unspecified atom stereocenters. The van der Waals surface area contributed by atoms with Gasteiger partial charge in [0.25, 0.3) is 0 Å². The highest BCUT2D eigenvalue weighted by molar-refractivity contribution is 4.72. The molecule has 3 aliphatic rings. The van der Waals surface area contributed by atoms with Crippen molar-refractivity contribution in [3.63, 3.8) is 0 Å². The Hall–Kier alpha value is -0.160. The van der Waals surface area contributed by atoms with Crippen LogP contribution < -0.4 is 0 Å². The van der Waals surface area contributed by atoms with E-state index >= 15 is 0 Å². The quantitative estimate of drug-likeness (QED) is 0.482. The van der Waals surface area contributed by atoms with Gasteiger partial charge in [-0.25, -0.2) is 0 Å². The van der Waals surface area contributed by atoms with Crippen molar-refractivity contribution in [1.82, 2.24) is 0 Å². The van der Waals surface area contributed by atoms with E-state index in [0.29, 0.717) is 0 Å². The Labute approximate surface area is 163 Å². The molecule has 0 saturated heterocycles. The summed E-state index contributed by atoms with van der Waals surface area (Å²) in [6, 6.07) is 0. The minimum Gasteiger partial charge on any atom is -0.393 e. The summed E-state index contributed by atoms with van der Waals surface area (Å²) in [4.78, 5) is 0. The van der Waals surface area contributed by atoms with E-state index in [1.54, 1.807) is 0 Å². The molecule has 3 fully saturated rings. The van der Waals surface area contributed by atoms with Crippen molar-refractivity contribution in [1.29, 1.82) is 0 Å². The van der Waals surface area contributed by atoms with E-state index in [2.05, 4.69) is 0 Å². The topological polar surface area (TPSA) is 80.9 Å². The second-order valence-corrected chi connectivity index (χ2v) is 7.00. The van der Waals surface area contributed by atoms with E-state index in [-0.39, 0.29) is 12.2 Å². The van der Waals surface area contributed by atoms with Gasteiger partial charge >= 0.3 is 0 Å². The van der Waals surface area contributed by atoms with Gasteiger partial charge in [-0.1, -0.05) is 79.1 Å². The van der Waals surface area contributed by atoms with Crippen LogP contribution in [0.1, 0.15) is 118 Å². The van der Waals surface area contributed by atoms with E-state index in [1.165, 1.54) is 38.5 Å². The monoisotopic (exact) mass is 376 g/mol. The van der Waals surface area contributed by atoms with Crippen LogP contribution in [0.5, 0.6) is 0 Å². The van der Waals surface area contributed by atoms with Crippen LogP contribution in [0.3, 0.4) is 0 Å². The number of aliphatic hydroxyl groups is 4. The van der Waals surface area contributed by atoms with Gasteiger partial charge in [0.15, 0.2) is 0 Å². The molecule has 4 N–H and O–H groups in total. The summed E-state index contributed by atoms with van der Waals surface area (Å²) in [6.07, 6.45) is 14.7. The first kappa shape index (κ1) is 28.1. The molecule has 4 heteroatoms. The van der Waals surface area contributed by atoms with Gasteiger partial charge in [-0.2, -0.15) is 0 Å². The SMILES string of the molecule is CC.CC.OC1CCCCC1.OC1CCCCC1.OC1CCCCC1O. The summed E-state index contributed by atoms with van der Waals surface area (Å²) in [7, 11) is 0. The van der Waals surface area contributed by atoms with Crippen LogP contribution in [0.2, 0.25) is 0 Å². The van der Waals surface area contributed by atoms with Crippen molar-refractivity contribution >= 4 is 0 Å². The molecule has 3 rings (SSSR count). The second kappa shape index (κ2) is 21.1. The first-order valence-electron chi connectivity index (χ1n) is 11.3. The molecule has 3 saturated carbocycles. The normalized spacial score (nSPS) is 26.3. The summed E-state index contributed by atoms with van der Waals surface area (Å²) in [5, 5.41) is 35.7. The van der Waals surface area contributed by atoms with E-state index in [4.69, 9.17) is 20.4 Å². The van der Waals surface area contributed by atoms with Gasteiger partial charge < -0.3 is 20.4 Å². The largest absolute Gasteiger partial charge is 0.393 e. The molecule has 0 bridgehead atoms. The van der Waals surface area contributed by atoms with Gasteiger partial charge in [0, 0.05) is 0 Å². The maximum absolute atomic E-state index is 8.93. The Kier molecular flexibility index (Phi) is 22.8. The van der Waals surface area contributed by atoms with Crippen LogP contribution >= 0.6 is 0 Å². The van der Waals surface area contributed by atoms with Crippen molar-refractivity contribution in [2.24, 2.45) is 0 Å². The zero-order valence-electron chi connectivity index (χ0n) is 18.0. The highest BCUT2D eigenvalue weighted by atomic mass is 16.3. The van der Waals surface area contributed by atoms with Gasteiger partial charge in [-0.15, -0.1) is 0 Å². The van der Waals surface area contributed by atoms with E-state index in [0.717, 1.165) is 51.4 Å². The third-order valence-electron chi connectivity index (χ3n) is 4.84. The third-order valence-corrected chi connectivity index (χ3v) is 4.84. The molecule has 160 valence electrons. The molecule has 0 aromatic carbocycles. The summed E-state index contributed by atoms with van der Waals surface area (Å²) in [6.45, 7) is 8.00. The van der Waals surface area contributed by atoms with Gasteiger partial charge in [-0.3, -0.25) is 0 Å². The maximum atomic E-state index is 8.93. The third kappa shape index (κ3) is 17.3. The average molecular weight is 377 g/mol. The Bertz CT molecular complexity index is 223. The van der Waals surface area contributed by atoms with Crippen LogP contribution in [0.4, 0.5) is 0 Å². The summed E-state index contributed by atoms with van der Waals surface area (Å²) < 4.78 is 0. The lowest BCUT2D eigenvalue weighted by Gasteiger charge is -2.22. The van der Waals surface area contributed by atoms with Crippen LogP contribution in [-0.4, -0.2) is 44.8 Å². The van der Waals surface area contributed by atoms with E-state index in [9.17, 15) is 0 Å². The highest BCUT2D eigenvalue weighted by Crippen LogP contribution is 2.18. The standard InChI is InChI=1S/C6H12O2.2C6H12O.2C2H6/c7-5-3-1-2-4-6(5)8;2*7-6-4-2-1-3-5-6;2*1-2/h5-8H,1-4H2;2*6-7H,1-5H2;2*1-2H3. The zero-order valence-corrected chi connectivity index (χ0v) is 18.0. The molecule has 0 aromatic rings. The molecular weight excluding hydrogens is 328 g/mol. The molecule has 0 aliphatic heterocycles. The predicted octanol–water partition coefficient (Wildman–Crippen LogP) is 4.96. The van der Waals surface area contributed by atoms with Crippen LogP contribution in [0, 0.1) is 0 Å². The average Bonchev–Trinajstić information content (AvgIpc) is 2.70. The lowest BCUT2D eigenvalue weighted by Crippen LogP contribution is -2.28. The minimum absolute atomic E-state index is 0.0359. The van der Waals surface area contributed by atoms with Crippen LogP contribution in [0.15, 0.2) is 0 Å². The van der Waals surface area contributed by atoms with Crippen molar-refractivity contribution in [3.8, 4) is 0 Å². The van der Waals surface area contributed by atoms with Gasteiger partial charge in [-0.05, 0) is 38.5 Å². The summed E-state index contributed by atoms with van der Waals surface area (Å²) >= 11 is 0. The number of hydrogen-bond acceptors (Lipinski definition) is 4. The fourth-order valence-electron chi connectivity index (χ4n) is 3.25. The molecular formula is C22H48O4. The molecule has 26 heavy (non-hydrogen) atoms. The summed E-state index contributed by atoms with van der Waals surface area (Å²) in [5.74, 6) is 0.